The molecule has 2 N–H and O–H groups in total. The summed E-state index contributed by atoms with van der Waals surface area (Å²) < 4.78 is 1.64. The summed E-state index contributed by atoms with van der Waals surface area (Å²) in [6, 6.07) is 19.2. The van der Waals surface area contributed by atoms with E-state index in [1.807, 2.05) is 67.6 Å². The molecule has 1 aliphatic heterocycles. The van der Waals surface area contributed by atoms with Crippen molar-refractivity contribution in [3.8, 4) is 0 Å². The zero-order chi connectivity index (χ0) is 17.9. The van der Waals surface area contributed by atoms with Crippen LogP contribution >= 0.6 is 0 Å². The molecule has 0 saturated carbocycles. The van der Waals surface area contributed by atoms with Crippen molar-refractivity contribution in [1.29, 1.82) is 0 Å². The maximum atomic E-state index is 13.0. The van der Waals surface area contributed by atoms with Crippen LogP contribution in [0.5, 0.6) is 0 Å². The minimum atomic E-state index is -0.377. The highest BCUT2D eigenvalue weighted by Crippen LogP contribution is 2.34. The van der Waals surface area contributed by atoms with Crippen LogP contribution in [0.1, 0.15) is 24.1 Å². The third kappa shape index (κ3) is 2.95. The first kappa shape index (κ1) is 16.0. The molecule has 1 unspecified atom stereocenters. The Balaban J connectivity index is 1.67. The fraction of sp³-hybridized carbons (Fsp3) is 0.158. The van der Waals surface area contributed by atoms with E-state index in [1.165, 1.54) is 0 Å². The molecular formula is C19H18N6O. The van der Waals surface area contributed by atoms with E-state index in [0.29, 0.717) is 18.1 Å². The van der Waals surface area contributed by atoms with Gasteiger partial charge in [0, 0.05) is 12.2 Å². The third-order valence-electron chi connectivity index (χ3n) is 4.37. The number of fused-ring (bicyclic) bond motifs is 1. The van der Waals surface area contributed by atoms with E-state index in [0.717, 1.165) is 16.8 Å². The van der Waals surface area contributed by atoms with Crippen LogP contribution in [0.25, 0.3) is 0 Å². The first-order valence-electron chi connectivity index (χ1n) is 8.37. The number of hydrogen-bond acceptors (Lipinski definition) is 5. The van der Waals surface area contributed by atoms with Gasteiger partial charge in [0.05, 0.1) is 5.57 Å². The lowest BCUT2D eigenvalue weighted by Gasteiger charge is -2.28. The molecule has 1 atom stereocenters. The molecule has 1 amide bonds. The number of nitrogens with zero attached hydrogens (tertiary/aromatic N) is 4. The van der Waals surface area contributed by atoms with E-state index in [9.17, 15) is 4.79 Å². The molecule has 7 heteroatoms. The largest absolute Gasteiger partial charge is 0.348 e. The fourth-order valence-electron chi connectivity index (χ4n) is 3.12. The summed E-state index contributed by atoms with van der Waals surface area (Å²) in [7, 11) is 0. The van der Waals surface area contributed by atoms with Crippen LogP contribution in [0.2, 0.25) is 0 Å². The Morgan fingerprint density at radius 3 is 2.54 bits per heavy atom. The molecule has 0 spiro atoms. The topological polar surface area (TPSA) is 84.7 Å². The maximum Gasteiger partial charge on any atom is 0.251 e. The molecule has 1 aromatic heterocycles. The Hall–Kier alpha value is -3.48. The Morgan fingerprint density at radius 1 is 1.12 bits per heavy atom. The smallest absolute Gasteiger partial charge is 0.251 e. The molecule has 2 aromatic carbocycles. The van der Waals surface area contributed by atoms with Crippen LogP contribution < -0.4 is 10.6 Å². The Bertz CT molecular complexity index is 948. The number of allylic oxidation sites excluding steroid dienone is 1. The maximum absolute atomic E-state index is 13.0. The van der Waals surface area contributed by atoms with E-state index in [-0.39, 0.29) is 11.9 Å². The van der Waals surface area contributed by atoms with Crippen LogP contribution in [0.3, 0.4) is 0 Å². The molecule has 7 nitrogen and oxygen atoms in total. The average Bonchev–Trinajstić information content (AvgIpc) is 3.14. The predicted octanol–water partition coefficient (Wildman–Crippen LogP) is 2.28. The van der Waals surface area contributed by atoms with Gasteiger partial charge in [0.1, 0.15) is 6.04 Å². The second-order valence-corrected chi connectivity index (χ2v) is 6.09. The Labute approximate surface area is 150 Å². The lowest BCUT2D eigenvalue weighted by molar-refractivity contribution is -0.118. The Morgan fingerprint density at radius 2 is 1.81 bits per heavy atom. The average molecular weight is 346 g/mol. The van der Waals surface area contributed by atoms with Crippen molar-refractivity contribution in [3.63, 3.8) is 0 Å². The second kappa shape index (κ2) is 6.79. The SMILES string of the molecule is CC1=C(C(=O)NCc2ccccc2)C(c2ccccc2)n2nnnc2N1. The number of carbonyl (C=O) groups excluding carboxylic acids is 1. The van der Waals surface area contributed by atoms with Gasteiger partial charge in [-0.1, -0.05) is 65.8 Å². The summed E-state index contributed by atoms with van der Waals surface area (Å²) in [5.74, 6) is 0.379. The predicted molar refractivity (Wildman–Crippen MR) is 97.0 cm³/mol. The zero-order valence-corrected chi connectivity index (χ0v) is 14.3. The van der Waals surface area contributed by atoms with Crippen molar-refractivity contribution in [1.82, 2.24) is 25.5 Å². The van der Waals surface area contributed by atoms with Crippen molar-refractivity contribution >= 4 is 11.9 Å². The lowest BCUT2D eigenvalue weighted by Crippen LogP contribution is -2.34. The van der Waals surface area contributed by atoms with Gasteiger partial charge < -0.3 is 10.6 Å². The van der Waals surface area contributed by atoms with Gasteiger partial charge in [0.2, 0.25) is 5.95 Å². The lowest BCUT2D eigenvalue weighted by atomic mass is 9.95. The minimum Gasteiger partial charge on any atom is -0.348 e. The fourth-order valence-corrected chi connectivity index (χ4v) is 3.12. The van der Waals surface area contributed by atoms with Gasteiger partial charge in [0.25, 0.3) is 5.91 Å². The van der Waals surface area contributed by atoms with Gasteiger partial charge in [-0.15, -0.1) is 0 Å². The van der Waals surface area contributed by atoms with Gasteiger partial charge in [0.15, 0.2) is 0 Å². The van der Waals surface area contributed by atoms with E-state index >= 15 is 0 Å². The quantitative estimate of drug-likeness (QED) is 0.757. The normalized spacial score (nSPS) is 16.0. The molecule has 0 radical (unpaired) electrons. The van der Waals surface area contributed by atoms with E-state index in [2.05, 4.69) is 26.2 Å². The van der Waals surface area contributed by atoms with E-state index in [1.54, 1.807) is 4.68 Å². The molecule has 26 heavy (non-hydrogen) atoms. The highest BCUT2D eigenvalue weighted by molar-refractivity contribution is 5.96. The molecule has 0 aliphatic carbocycles. The van der Waals surface area contributed by atoms with E-state index < -0.39 is 0 Å². The summed E-state index contributed by atoms with van der Waals surface area (Å²) in [5, 5.41) is 17.9. The first-order chi connectivity index (χ1) is 12.7. The first-order valence-corrected chi connectivity index (χ1v) is 8.37. The summed E-state index contributed by atoms with van der Waals surface area (Å²) in [4.78, 5) is 13.0. The van der Waals surface area contributed by atoms with Gasteiger partial charge >= 0.3 is 0 Å². The van der Waals surface area contributed by atoms with E-state index in [4.69, 9.17) is 0 Å². The van der Waals surface area contributed by atoms with Crippen molar-refractivity contribution in [2.24, 2.45) is 0 Å². The van der Waals surface area contributed by atoms with Gasteiger partial charge in [-0.3, -0.25) is 4.79 Å². The standard InChI is InChI=1S/C19H18N6O/c1-13-16(18(26)20-12-14-8-4-2-5-9-14)17(15-10-6-3-7-11-15)25-19(21-13)22-23-24-25/h2-11,17H,12H2,1H3,(H,20,26)(H,21,22,24). The monoisotopic (exact) mass is 346 g/mol. The number of amides is 1. The molecule has 2 heterocycles. The van der Waals surface area contributed by atoms with Crippen molar-refractivity contribution < 1.29 is 4.79 Å². The molecule has 0 saturated heterocycles. The number of carbonyl (C=O) groups is 1. The van der Waals surface area contributed by atoms with Crippen LogP contribution in [-0.4, -0.2) is 26.1 Å². The minimum absolute atomic E-state index is 0.145. The van der Waals surface area contributed by atoms with Gasteiger partial charge in [-0.05, 0) is 28.5 Å². The summed E-state index contributed by atoms with van der Waals surface area (Å²) in [6.45, 7) is 2.33. The highest BCUT2D eigenvalue weighted by atomic mass is 16.1. The van der Waals surface area contributed by atoms with Gasteiger partial charge in [-0.25, -0.2) is 0 Å². The molecule has 1 aliphatic rings. The number of aromatic nitrogens is 4. The number of rotatable bonds is 4. The van der Waals surface area contributed by atoms with Gasteiger partial charge in [-0.2, -0.15) is 4.68 Å². The number of nitrogens with one attached hydrogen (secondary N) is 2. The molecule has 4 rings (SSSR count). The summed E-state index contributed by atoms with van der Waals surface area (Å²) in [6.07, 6.45) is 0. The van der Waals surface area contributed by atoms with Crippen molar-refractivity contribution in [2.45, 2.75) is 19.5 Å². The number of hydrogen-bond donors (Lipinski definition) is 2. The number of anilines is 1. The third-order valence-corrected chi connectivity index (χ3v) is 4.37. The molecule has 0 bridgehead atoms. The van der Waals surface area contributed by atoms with Crippen LogP contribution in [0, 0.1) is 0 Å². The highest BCUT2D eigenvalue weighted by Gasteiger charge is 2.33. The Kier molecular flexibility index (Phi) is 4.18. The molecule has 0 fully saturated rings. The molecule has 3 aromatic rings. The summed E-state index contributed by atoms with van der Waals surface area (Å²) >= 11 is 0. The van der Waals surface area contributed by atoms with Crippen LogP contribution in [-0.2, 0) is 11.3 Å². The van der Waals surface area contributed by atoms with Crippen molar-refractivity contribution in [3.05, 3.63) is 83.1 Å². The van der Waals surface area contributed by atoms with Crippen molar-refractivity contribution in [2.75, 3.05) is 5.32 Å². The zero-order valence-electron chi connectivity index (χ0n) is 14.3. The molecular weight excluding hydrogens is 328 g/mol. The number of tetrazole rings is 1. The van der Waals surface area contributed by atoms with Crippen LogP contribution in [0.15, 0.2) is 71.9 Å². The van der Waals surface area contributed by atoms with Crippen LogP contribution in [0.4, 0.5) is 5.95 Å². The molecule has 130 valence electrons. The second-order valence-electron chi connectivity index (χ2n) is 6.09. The summed E-state index contributed by atoms with van der Waals surface area (Å²) in [5.41, 5.74) is 3.34. The number of benzene rings is 2.